The van der Waals surface area contributed by atoms with Gasteiger partial charge < -0.3 is 0 Å². The maximum atomic E-state index is 14.4. The van der Waals surface area contributed by atoms with E-state index in [1.54, 1.807) is 12.1 Å². The van der Waals surface area contributed by atoms with E-state index in [0.29, 0.717) is 11.8 Å². The average molecular weight is 453 g/mol. The van der Waals surface area contributed by atoms with Crippen LogP contribution in [0.5, 0.6) is 0 Å². The Morgan fingerprint density at radius 1 is 0.875 bits per heavy atom. The molecule has 0 nitrogen and oxygen atoms in total. The molecule has 5 heteroatoms. The van der Waals surface area contributed by atoms with E-state index in [2.05, 4.69) is 6.92 Å². The Bertz CT molecular complexity index is 932. The topological polar surface area (TPSA) is 0 Å². The molecule has 2 unspecified atom stereocenters. The zero-order valence-corrected chi connectivity index (χ0v) is 18.8. The van der Waals surface area contributed by atoms with Crippen LogP contribution in [0.3, 0.4) is 0 Å². The van der Waals surface area contributed by atoms with Crippen molar-refractivity contribution in [2.45, 2.75) is 89.6 Å². The van der Waals surface area contributed by atoms with Gasteiger partial charge in [0.2, 0.25) is 0 Å². The van der Waals surface area contributed by atoms with Gasteiger partial charge in [0.1, 0.15) is 17.2 Å². The smallest absolute Gasteiger partial charge is 0.206 e. The van der Waals surface area contributed by atoms with Gasteiger partial charge in [0.15, 0.2) is 0 Å². The molecule has 2 saturated carbocycles. The monoisotopic (exact) mass is 452 g/mol. The first-order chi connectivity index (χ1) is 15.3. The van der Waals surface area contributed by atoms with Crippen LogP contribution >= 0.6 is 0 Å². The van der Waals surface area contributed by atoms with Crippen LogP contribution < -0.4 is 0 Å². The summed E-state index contributed by atoms with van der Waals surface area (Å²) in [6.45, 7) is 2.24. The van der Waals surface area contributed by atoms with Crippen molar-refractivity contribution in [2.75, 3.05) is 0 Å². The molecule has 2 aliphatic carbocycles. The van der Waals surface area contributed by atoms with Gasteiger partial charge in [0.25, 0.3) is 0 Å². The maximum absolute atomic E-state index is 14.4. The molecular formula is C27H33F5. The van der Waals surface area contributed by atoms with Crippen LogP contribution in [-0.2, 0) is 6.18 Å². The third kappa shape index (κ3) is 4.97. The van der Waals surface area contributed by atoms with Gasteiger partial charge in [0.05, 0.1) is 0 Å². The molecule has 0 spiro atoms. The Hall–Kier alpha value is -1.65. The van der Waals surface area contributed by atoms with Crippen molar-refractivity contribution in [3.8, 4) is 0 Å². The van der Waals surface area contributed by atoms with E-state index < -0.39 is 23.4 Å². The summed E-state index contributed by atoms with van der Waals surface area (Å²) in [5.41, 5.74) is -0.805. The highest BCUT2D eigenvalue weighted by Gasteiger charge is 2.39. The van der Waals surface area contributed by atoms with E-state index in [0.717, 1.165) is 36.3 Å². The Labute approximate surface area is 187 Å². The molecule has 2 aromatic carbocycles. The molecule has 176 valence electrons. The predicted octanol–water partition coefficient (Wildman–Crippen LogP) is 9.41. The number of rotatable bonds is 6. The fourth-order valence-electron chi connectivity index (χ4n) is 6.27. The average Bonchev–Trinajstić information content (AvgIpc) is 2.75. The molecule has 2 aromatic rings. The highest BCUT2D eigenvalue weighted by atomic mass is 19.4. The van der Waals surface area contributed by atoms with Gasteiger partial charge in [-0.1, -0.05) is 63.6 Å². The van der Waals surface area contributed by atoms with Crippen molar-refractivity contribution in [1.82, 2.24) is 0 Å². The minimum atomic E-state index is -5.05. The largest absolute Gasteiger partial charge is 0.422 e. The first-order valence-electron chi connectivity index (χ1n) is 12.3. The first kappa shape index (κ1) is 23.5. The van der Waals surface area contributed by atoms with E-state index in [1.165, 1.54) is 63.9 Å². The van der Waals surface area contributed by atoms with Crippen LogP contribution in [0.15, 0.2) is 24.3 Å². The molecule has 0 aromatic heterocycles. The molecule has 4 atom stereocenters. The molecule has 0 heterocycles. The van der Waals surface area contributed by atoms with Gasteiger partial charge in [-0.3, -0.25) is 0 Å². The number of alkyl halides is 3. The third-order valence-corrected chi connectivity index (χ3v) is 8.00. The predicted molar refractivity (Wildman–Crippen MR) is 119 cm³/mol. The summed E-state index contributed by atoms with van der Waals surface area (Å²) in [4.78, 5) is 0. The van der Waals surface area contributed by atoms with Gasteiger partial charge >= 0.3 is 6.18 Å². The van der Waals surface area contributed by atoms with E-state index in [-0.39, 0.29) is 10.8 Å². The van der Waals surface area contributed by atoms with Gasteiger partial charge in [-0.25, -0.2) is 8.78 Å². The molecule has 0 N–H and O–H groups in total. The minimum absolute atomic E-state index is 0.167. The molecule has 0 amide bonds. The zero-order chi connectivity index (χ0) is 22.9. The maximum Gasteiger partial charge on any atom is 0.422 e. The van der Waals surface area contributed by atoms with Crippen LogP contribution in [0, 0.1) is 29.4 Å². The van der Waals surface area contributed by atoms with Crippen LogP contribution in [0.4, 0.5) is 22.0 Å². The van der Waals surface area contributed by atoms with Crippen molar-refractivity contribution >= 4 is 10.8 Å². The number of unbranched alkanes of at least 4 members (excludes halogenated alkanes) is 3. The number of benzene rings is 2. The molecule has 4 rings (SSSR count). The summed E-state index contributed by atoms with van der Waals surface area (Å²) < 4.78 is 67.6. The lowest BCUT2D eigenvalue weighted by atomic mass is 9.63. The molecule has 32 heavy (non-hydrogen) atoms. The van der Waals surface area contributed by atoms with E-state index >= 15 is 0 Å². The molecule has 0 saturated heterocycles. The first-order valence-corrected chi connectivity index (χ1v) is 12.3. The fourth-order valence-corrected chi connectivity index (χ4v) is 6.27. The van der Waals surface area contributed by atoms with Gasteiger partial charge in [-0.15, -0.1) is 0 Å². The summed E-state index contributed by atoms with van der Waals surface area (Å²) in [7, 11) is 0. The molecule has 0 aliphatic heterocycles. The second kappa shape index (κ2) is 9.69. The lowest BCUT2D eigenvalue weighted by Crippen LogP contribution is -2.30. The van der Waals surface area contributed by atoms with E-state index in [1.807, 2.05) is 0 Å². The number of halogens is 5. The highest BCUT2D eigenvalue weighted by molar-refractivity contribution is 5.85. The number of hydrogen-bond acceptors (Lipinski definition) is 0. The molecule has 2 aliphatic rings. The third-order valence-electron chi connectivity index (χ3n) is 8.00. The van der Waals surface area contributed by atoms with E-state index in [9.17, 15) is 22.0 Å². The Morgan fingerprint density at radius 3 is 2.38 bits per heavy atom. The Morgan fingerprint density at radius 2 is 1.62 bits per heavy atom. The van der Waals surface area contributed by atoms with Crippen LogP contribution in [0.2, 0.25) is 0 Å². The summed E-state index contributed by atoms with van der Waals surface area (Å²) in [5, 5.41) is 0.0446. The van der Waals surface area contributed by atoms with Gasteiger partial charge in [-0.05, 0) is 72.8 Å². The summed E-state index contributed by atoms with van der Waals surface area (Å²) in [5.74, 6) is -0.409. The fraction of sp³-hybridized carbons (Fsp3) is 0.630. The molecule has 2 fully saturated rings. The highest BCUT2D eigenvalue weighted by Crippen LogP contribution is 2.49. The normalized spacial score (nSPS) is 26.3. The van der Waals surface area contributed by atoms with Crippen LogP contribution in [0.1, 0.15) is 94.6 Å². The second-order valence-electron chi connectivity index (χ2n) is 10.1. The van der Waals surface area contributed by atoms with Gasteiger partial charge in [0, 0.05) is 5.39 Å². The molecule has 0 bridgehead atoms. The van der Waals surface area contributed by atoms with Crippen molar-refractivity contribution in [3.63, 3.8) is 0 Å². The molecular weight excluding hydrogens is 419 g/mol. The van der Waals surface area contributed by atoms with Crippen LogP contribution in [0.25, 0.3) is 10.8 Å². The number of hydrogen-bond donors (Lipinski definition) is 0. The lowest BCUT2D eigenvalue weighted by Gasteiger charge is -2.42. The van der Waals surface area contributed by atoms with E-state index in [4.69, 9.17) is 0 Å². The van der Waals surface area contributed by atoms with Gasteiger partial charge in [-0.2, -0.15) is 13.2 Å². The summed E-state index contributed by atoms with van der Waals surface area (Å²) >= 11 is 0. The zero-order valence-electron chi connectivity index (χ0n) is 18.8. The minimum Gasteiger partial charge on any atom is -0.206 e. The second-order valence-corrected chi connectivity index (χ2v) is 10.1. The van der Waals surface area contributed by atoms with Crippen molar-refractivity contribution in [3.05, 3.63) is 47.0 Å². The van der Waals surface area contributed by atoms with Crippen molar-refractivity contribution in [1.29, 1.82) is 0 Å². The quantitative estimate of drug-likeness (QED) is 0.302. The Kier molecular flexibility index (Phi) is 7.11. The summed E-state index contributed by atoms with van der Waals surface area (Å²) in [6.07, 6.45) is 8.78. The molecule has 0 radical (unpaired) electrons. The summed E-state index contributed by atoms with van der Waals surface area (Å²) in [6, 6.07) is 5.67. The Balaban J connectivity index is 1.44. The van der Waals surface area contributed by atoms with Crippen molar-refractivity contribution in [2.24, 2.45) is 17.8 Å². The number of fused-ring (bicyclic) bond motifs is 2. The lowest BCUT2D eigenvalue weighted by molar-refractivity contribution is -0.142. The SMILES string of the molecule is CCCCCC[C@@H]1CC[C@@H]2CC(c3ccc4c(F)c(C(F)(F)F)c(F)cc4c3)CCC2C1. The standard InChI is InChI=1S/C27H33F5/c1-2-3-4-5-6-17-7-8-19-14-20(10-9-18(19)13-17)21-11-12-23-22(15-21)16-24(28)25(26(23)29)27(30,31)32/h11-12,15-20H,2-10,13-14H2,1H3/t17-,18?,19-,20?/m1/s1. The van der Waals surface area contributed by atoms with Crippen LogP contribution in [-0.4, -0.2) is 0 Å². The van der Waals surface area contributed by atoms with Crippen molar-refractivity contribution < 1.29 is 22.0 Å².